The summed E-state index contributed by atoms with van der Waals surface area (Å²) >= 11 is 0. The number of allylic oxidation sites excluding steroid dienone is 1. The van der Waals surface area contributed by atoms with Gasteiger partial charge in [0, 0.05) is 24.6 Å². The van der Waals surface area contributed by atoms with Crippen LogP contribution >= 0.6 is 0 Å². The predicted molar refractivity (Wildman–Crippen MR) is 108 cm³/mol. The number of quaternary nitrogens is 1. The van der Waals surface area contributed by atoms with Crippen LogP contribution in [0.5, 0.6) is 0 Å². The summed E-state index contributed by atoms with van der Waals surface area (Å²) in [5, 5.41) is 19.6. The molecule has 1 aliphatic rings. The zero-order chi connectivity index (χ0) is 20.2. The first kappa shape index (κ1) is 19.1. The van der Waals surface area contributed by atoms with E-state index < -0.39 is 0 Å². The molecule has 0 spiro atoms. The lowest BCUT2D eigenvalue weighted by Gasteiger charge is -2.25. The standard InChI is InChI=1S/C21H22N6O2/c1-28-16(10-23)11-24-13-20-26-19-12-25-18-3-2-14(9-22)8-17(18)21(19)27(20)15-4-6-29-7-5-15/h2-3,8,10-12,15,23-24H,4-7,13H2,1H3/p+1/b16-11+,23-10?. The van der Waals surface area contributed by atoms with Crippen molar-refractivity contribution in [3.8, 4) is 6.07 Å². The molecule has 3 heterocycles. The Morgan fingerprint density at radius 1 is 1.41 bits per heavy atom. The van der Waals surface area contributed by atoms with Crippen LogP contribution in [0.2, 0.25) is 0 Å². The number of nitrogens with two attached hydrogens (primary N) is 1. The topological polar surface area (TPSA) is 113 Å². The van der Waals surface area contributed by atoms with Gasteiger partial charge in [0.25, 0.3) is 0 Å². The van der Waals surface area contributed by atoms with E-state index in [1.165, 1.54) is 6.21 Å². The van der Waals surface area contributed by atoms with Gasteiger partial charge in [0.15, 0.2) is 11.6 Å². The number of benzene rings is 1. The van der Waals surface area contributed by atoms with Crippen molar-refractivity contribution < 1.29 is 14.8 Å². The number of hydrogen-bond acceptors (Lipinski definition) is 6. The smallest absolute Gasteiger partial charge is 0.189 e. The van der Waals surface area contributed by atoms with E-state index in [0.29, 0.717) is 17.9 Å². The van der Waals surface area contributed by atoms with Gasteiger partial charge in [0.1, 0.15) is 18.3 Å². The summed E-state index contributed by atoms with van der Waals surface area (Å²) in [6.07, 6.45) is 6.60. The van der Waals surface area contributed by atoms with E-state index in [1.807, 2.05) is 17.4 Å². The highest BCUT2D eigenvalue weighted by atomic mass is 16.5. The predicted octanol–water partition coefficient (Wildman–Crippen LogP) is 2.01. The van der Waals surface area contributed by atoms with E-state index in [0.717, 1.165) is 53.8 Å². The number of ether oxygens (including phenoxy) is 2. The monoisotopic (exact) mass is 391 g/mol. The lowest BCUT2D eigenvalue weighted by atomic mass is 10.1. The maximum atomic E-state index is 9.36. The second kappa shape index (κ2) is 8.39. The van der Waals surface area contributed by atoms with Gasteiger partial charge in [-0.05, 0) is 31.0 Å². The maximum absolute atomic E-state index is 9.36. The van der Waals surface area contributed by atoms with E-state index in [-0.39, 0.29) is 6.04 Å². The summed E-state index contributed by atoms with van der Waals surface area (Å²) in [6.45, 7) is 2.05. The minimum absolute atomic E-state index is 0.280. The minimum atomic E-state index is 0.280. The molecule has 0 atom stereocenters. The highest BCUT2D eigenvalue weighted by Crippen LogP contribution is 2.32. The van der Waals surface area contributed by atoms with Crippen LogP contribution in [0.4, 0.5) is 0 Å². The average molecular weight is 391 g/mol. The summed E-state index contributed by atoms with van der Waals surface area (Å²) in [4.78, 5) is 9.40. The summed E-state index contributed by atoms with van der Waals surface area (Å²) in [5.74, 6) is 1.42. The summed E-state index contributed by atoms with van der Waals surface area (Å²) in [6, 6.07) is 8.08. The Kier molecular flexibility index (Phi) is 5.51. The number of pyridine rings is 1. The van der Waals surface area contributed by atoms with Crippen molar-refractivity contribution >= 4 is 28.2 Å². The molecule has 1 aliphatic heterocycles. The van der Waals surface area contributed by atoms with Crippen LogP contribution in [0.25, 0.3) is 21.9 Å². The van der Waals surface area contributed by atoms with Crippen molar-refractivity contribution in [2.24, 2.45) is 0 Å². The van der Waals surface area contributed by atoms with Gasteiger partial charge in [0.2, 0.25) is 0 Å². The molecule has 0 amide bonds. The number of rotatable bonds is 6. The average Bonchev–Trinajstić information content (AvgIpc) is 3.15. The van der Waals surface area contributed by atoms with Crippen LogP contribution in [-0.2, 0) is 16.0 Å². The van der Waals surface area contributed by atoms with Crippen LogP contribution in [0.3, 0.4) is 0 Å². The van der Waals surface area contributed by atoms with Gasteiger partial charge in [-0.1, -0.05) is 0 Å². The number of nitrogens with zero attached hydrogens (tertiary/aromatic N) is 4. The minimum Gasteiger partial charge on any atom is -0.490 e. The maximum Gasteiger partial charge on any atom is 0.189 e. The van der Waals surface area contributed by atoms with Crippen LogP contribution in [-0.4, -0.2) is 41.1 Å². The quantitative estimate of drug-likeness (QED) is 0.493. The van der Waals surface area contributed by atoms with Crippen molar-refractivity contribution in [3.63, 3.8) is 0 Å². The van der Waals surface area contributed by atoms with Crippen molar-refractivity contribution in [1.29, 1.82) is 10.7 Å². The van der Waals surface area contributed by atoms with Gasteiger partial charge < -0.3 is 24.8 Å². The number of nitriles is 1. The first-order chi connectivity index (χ1) is 14.2. The largest absolute Gasteiger partial charge is 0.490 e. The SMILES string of the molecule is CO/C(C=N)=C/[NH2+]Cc1nc2cnc3ccc(C#N)cc3c2n1C1CCOCC1. The molecular formula is C21H23N6O2+. The van der Waals surface area contributed by atoms with E-state index in [4.69, 9.17) is 19.9 Å². The van der Waals surface area contributed by atoms with Gasteiger partial charge >= 0.3 is 0 Å². The summed E-state index contributed by atoms with van der Waals surface area (Å²) in [5.41, 5.74) is 3.31. The lowest BCUT2D eigenvalue weighted by Crippen LogP contribution is -2.76. The third kappa shape index (κ3) is 3.70. The second-order valence-electron chi connectivity index (χ2n) is 6.93. The highest BCUT2D eigenvalue weighted by Gasteiger charge is 2.24. The van der Waals surface area contributed by atoms with Gasteiger partial charge in [0.05, 0.1) is 42.2 Å². The number of nitrogens with one attached hydrogen (secondary N) is 1. The van der Waals surface area contributed by atoms with Crippen molar-refractivity contribution in [2.45, 2.75) is 25.4 Å². The molecule has 0 unspecified atom stereocenters. The van der Waals surface area contributed by atoms with E-state index in [2.05, 4.69) is 15.6 Å². The number of fused-ring (bicyclic) bond motifs is 3. The Morgan fingerprint density at radius 3 is 2.97 bits per heavy atom. The van der Waals surface area contributed by atoms with Crippen molar-refractivity contribution in [2.75, 3.05) is 20.3 Å². The van der Waals surface area contributed by atoms with Gasteiger partial charge in [-0.15, -0.1) is 0 Å². The molecule has 8 nitrogen and oxygen atoms in total. The van der Waals surface area contributed by atoms with Crippen molar-refractivity contribution in [1.82, 2.24) is 14.5 Å². The fourth-order valence-electron chi connectivity index (χ4n) is 3.83. The highest BCUT2D eigenvalue weighted by molar-refractivity contribution is 6.02. The Morgan fingerprint density at radius 2 is 2.24 bits per heavy atom. The molecule has 1 saturated heterocycles. The molecule has 3 N–H and O–H groups in total. The Balaban J connectivity index is 1.85. The number of aromatic nitrogens is 3. The molecule has 8 heteroatoms. The first-order valence-corrected chi connectivity index (χ1v) is 9.60. The number of methoxy groups -OCH3 is 1. The molecule has 148 valence electrons. The van der Waals surface area contributed by atoms with Crippen molar-refractivity contribution in [3.05, 3.63) is 47.7 Å². The van der Waals surface area contributed by atoms with E-state index in [9.17, 15) is 5.26 Å². The zero-order valence-corrected chi connectivity index (χ0v) is 16.3. The normalized spacial score (nSPS) is 15.5. The molecule has 1 aromatic carbocycles. The Bertz CT molecular complexity index is 1120. The lowest BCUT2D eigenvalue weighted by molar-refractivity contribution is -0.607. The second-order valence-corrected chi connectivity index (χ2v) is 6.93. The van der Waals surface area contributed by atoms with Crippen LogP contribution in [0, 0.1) is 16.7 Å². The molecule has 0 radical (unpaired) electrons. The third-order valence-corrected chi connectivity index (χ3v) is 5.23. The fraction of sp³-hybridized carbons (Fsp3) is 0.333. The molecular weight excluding hydrogens is 368 g/mol. The molecule has 4 rings (SSSR count). The summed E-state index contributed by atoms with van der Waals surface area (Å²) in [7, 11) is 1.55. The van der Waals surface area contributed by atoms with E-state index in [1.54, 1.807) is 25.6 Å². The van der Waals surface area contributed by atoms with Crippen LogP contribution < -0.4 is 5.32 Å². The molecule has 2 aromatic heterocycles. The third-order valence-electron chi connectivity index (χ3n) is 5.23. The summed E-state index contributed by atoms with van der Waals surface area (Å²) < 4.78 is 13.0. The van der Waals surface area contributed by atoms with E-state index >= 15 is 0 Å². The fourth-order valence-corrected chi connectivity index (χ4v) is 3.83. The van der Waals surface area contributed by atoms with Gasteiger partial charge in [-0.25, -0.2) is 4.98 Å². The number of hydrogen-bond donors (Lipinski definition) is 2. The number of imidazole rings is 1. The zero-order valence-electron chi connectivity index (χ0n) is 16.3. The van der Waals surface area contributed by atoms with Crippen LogP contribution in [0.1, 0.15) is 30.3 Å². The molecule has 0 aliphatic carbocycles. The van der Waals surface area contributed by atoms with Gasteiger partial charge in [-0.2, -0.15) is 5.26 Å². The first-order valence-electron chi connectivity index (χ1n) is 9.60. The molecule has 0 saturated carbocycles. The molecule has 0 bridgehead atoms. The van der Waals surface area contributed by atoms with Gasteiger partial charge in [-0.3, -0.25) is 4.98 Å². The molecule has 3 aromatic rings. The Labute approximate surface area is 168 Å². The van der Waals surface area contributed by atoms with Crippen LogP contribution in [0.15, 0.2) is 36.4 Å². The Hall–Kier alpha value is -3.28. The molecule has 29 heavy (non-hydrogen) atoms. The molecule has 1 fully saturated rings.